The van der Waals surface area contributed by atoms with Gasteiger partial charge in [0, 0.05) is 23.2 Å². The van der Waals surface area contributed by atoms with Crippen molar-refractivity contribution < 1.29 is 9.18 Å². The number of hydrogen-bond acceptors (Lipinski definition) is 2. The van der Waals surface area contributed by atoms with Gasteiger partial charge in [-0.05, 0) is 25.0 Å². The van der Waals surface area contributed by atoms with Crippen molar-refractivity contribution in [2.24, 2.45) is 0 Å². The highest BCUT2D eigenvalue weighted by Crippen LogP contribution is 2.19. The van der Waals surface area contributed by atoms with Crippen molar-refractivity contribution in [3.05, 3.63) is 34.6 Å². The molecule has 0 saturated heterocycles. The standard InChI is InChI=1S/C12H14ClFN2O/c13-10-2-1-3-11(14)9(10)6-15-7-12(17)16-8-4-5-8/h1-3,8,15H,4-7H2,(H,16,17). The Kier molecular flexibility index (Phi) is 3.97. The summed E-state index contributed by atoms with van der Waals surface area (Å²) >= 11 is 5.86. The average Bonchev–Trinajstić information content (AvgIpc) is 3.06. The molecule has 17 heavy (non-hydrogen) atoms. The molecule has 1 aliphatic rings. The first kappa shape index (κ1) is 12.3. The van der Waals surface area contributed by atoms with Gasteiger partial charge in [-0.2, -0.15) is 0 Å². The molecule has 0 atom stereocenters. The summed E-state index contributed by atoms with van der Waals surface area (Å²) in [4.78, 5) is 11.4. The molecule has 0 radical (unpaired) electrons. The van der Waals surface area contributed by atoms with E-state index in [1.165, 1.54) is 6.07 Å². The number of benzene rings is 1. The highest BCUT2D eigenvalue weighted by Gasteiger charge is 2.22. The molecule has 0 bridgehead atoms. The van der Waals surface area contributed by atoms with E-state index in [2.05, 4.69) is 10.6 Å². The molecule has 0 heterocycles. The smallest absolute Gasteiger partial charge is 0.234 e. The zero-order valence-corrected chi connectivity index (χ0v) is 10.1. The van der Waals surface area contributed by atoms with E-state index in [0.717, 1.165) is 12.8 Å². The minimum absolute atomic E-state index is 0.0556. The first-order valence-corrected chi connectivity index (χ1v) is 5.97. The van der Waals surface area contributed by atoms with E-state index in [1.54, 1.807) is 12.1 Å². The quantitative estimate of drug-likeness (QED) is 0.844. The predicted octanol–water partition coefficient (Wildman–Crippen LogP) is 1.85. The summed E-state index contributed by atoms with van der Waals surface area (Å²) in [5, 5.41) is 6.10. The number of hydrogen-bond donors (Lipinski definition) is 2. The Labute approximate surface area is 104 Å². The molecule has 92 valence electrons. The SMILES string of the molecule is O=C(CNCc1c(F)cccc1Cl)NC1CC1. The van der Waals surface area contributed by atoms with Crippen LogP contribution in [-0.4, -0.2) is 18.5 Å². The van der Waals surface area contributed by atoms with Gasteiger partial charge >= 0.3 is 0 Å². The Bertz CT molecular complexity index is 401. The maximum Gasteiger partial charge on any atom is 0.234 e. The monoisotopic (exact) mass is 256 g/mol. The fraction of sp³-hybridized carbons (Fsp3) is 0.417. The third-order valence-electron chi connectivity index (χ3n) is 2.59. The fourth-order valence-corrected chi connectivity index (χ4v) is 1.74. The summed E-state index contributed by atoms with van der Waals surface area (Å²) in [6.07, 6.45) is 2.12. The number of carbonyl (C=O) groups excluding carboxylic acids is 1. The molecular weight excluding hydrogens is 243 g/mol. The Hall–Kier alpha value is -1.13. The van der Waals surface area contributed by atoms with Crippen LogP contribution < -0.4 is 10.6 Å². The van der Waals surface area contributed by atoms with Gasteiger partial charge in [-0.3, -0.25) is 4.79 Å². The molecule has 1 saturated carbocycles. The normalized spacial score (nSPS) is 14.7. The predicted molar refractivity (Wildman–Crippen MR) is 64.3 cm³/mol. The van der Waals surface area contributed by atoms with Crippen LogP contribution >= 0.6 is 11.6 Å². The largest absolute Gasteiger partial charge is 0.352 e. The minimum Gasteiger partial charge on any atom is -0.352 e. The number of carbonyl (C=O) groups is 1. The van der Waals surface area contributed by atoms with Crippen LogP contribution in [-0.2, 0) is 11.3 Å². The Morgan fingerprint density at radius 2 is 2.24 bits per heavy atom. The van der Waals surface area contributed by atoms with E-state index in [9.17, 15) is 9.18 Å². The van der Waals surface area contributed by atoms with Crippen molar-refractivity contribution in [3.63, 3.8) is 0 Å². The number of amides is 1. The van der Waals surface area contributed by atoms with Gasteiger partial charge in [0.1, 0.15) is 5.82 Å². The van der Waals surface area contributed by atoms with Crippen molar-refractivity contribution >= 4 is 17.5 Å². The lowest BCUT2D eigenvalue weighted by molar-refractivity contribution is -0.120. The molecule has 2 N–H and O–H groups in total. The Morgan fingerprint density at radius 3 is 2.88 bits per heavy atom. The molecule has 1 amide bonds. The Morgan fingerprint density at radius 1 is 1.47 bits per heavy atom. The zero-order valence-electron chi connectivity index (χ0n) is 9.30. The van der Waals surface area contributed by atoms with Crippen LogP contribution in [0.1, 0.15) is 18.4 Å². The highest BCUT2D eigenvalue weighted by molar-refractivity contribution is 6.31. The molecular formula is C12H14ClFN2O. The topological polar surface area (TPSA) is 41.1 Å². The van der Waals surface area contributed by atoms with Crippen LogP contribution in [0.5, 0.6) is 0 Å². The van der Waals surface area contributed by atoms with Gasteiger partial charge < -0.3 is 10.6 Å². The van der Waals surface area contributed by atoms with Crippen LogP contribution in [0.4, 0.5) is 4.39 Å². The second kappa shape index (κ2) is 5.47. The van der Waals surface area contributed by atoms with Crippen molar-refractivity contribution in [2.75, 3.05) is 6.54 Å². The lowest BCUT2D eigenvalue weighted by Gasteiger charge is -2.08. The maximum atomic E-state index is 13.4. The molecule has 5 heteroatoms. The molecule has 1 aromatic carbocycles. The van der Waals surface area contributed by atoms with Gasteiger partial charge in [0.15, 0.2) is 0 Å². The van der Waals surface area contributed by atoms with Crippen molar-refractivity contribution in [1.82, 2.24) is 10.6 Å². The van der Waals surface area contributed by atoms with E-state index in [1.807, 2.05) is 0 Å². The zero-order chi connectivity index (χ0) is 12.3. The summed E-state index contributed by atoms with van der Waals surface area (Å²) in [6, 6.07) is 4.89. The fourth-order valence-electron chi connectivity index (χ4n) is 1.51. The molecule has 1 aliphatic carbocycles. The van der Waals surface area contributed by atoms with Crippen molar-refractivity contribution in [3.8, 4) is 0 Å². The summed E-state index contributed by atoms with van der Waals surface area (Å²) in [7, 11) is 0. The molecule has 1 fully saturated rings. The van der Waals surface area contributed by atoms with E-state index in [4.69, 9.17) is 11.6 Å². The summed E-state index contributed by atoms with van der Waals surface area (Å²) in [6.45, 7) is 0.435. The second-order valence-electron chi connectivity index (χ2n) is 4.15. The highest BCUT2D eigenvalue weighted by atomic mass is 35.5. The van der Waals surface area contributed by atoms with E-state index >= 15 is 0 Å². The van der Waals surface area contributed by atoms with Gasteiger partial charge in [-0.1, -0.05) is 17.7 Å². The third-order valence-corrected chi connectivity index (χ3v) is 2.95. The first-order valence-electron chi connectivity index (χ1n) is 5.60. The van der Waals surface area contributed by atoms with Gasteiger partial charge in [0.25, 0.3) is 0 Å². The molecule has 0 spiro atoms. The van der Waals surface area contributed by atoms with E-state index in [0.29, 0.717) is 16.6 Å². The third kappa shape index (κ3) is 3.68. The number of rotatable bonds is 5. The Balaban J connectivity index is 1.79. The summed E-state index contributed by atoms with van der Waals surface area (Å²) in [5.41, 5.74) is 0.397. The van der Waals surface area contributed by atoms with Crippen molar-refractivity contribution in [2.45, 2.75) is 25.4 Å². The van der Waals surface area contributed by atoms with Crippen molar-refractivity contribution in [1.29, 1.82) is 0 Å². The molecule has 1 aromatic rings. The van der Waals surface area contributed by atoms with Gasteiger partial charge in [0.2, 0.25) is 5.91 Å². The summed E-state index contributed by atoms with van der Waals surface area (Å²) < 4.78 is 13.4. The van der Waals surface area contributed by atoms with Crippen LogP contribution in [0.15, 0.2) is 18.2 Å². The van der Waals surface area contributed by atoms with Crippen LogP contribution in [0.25, 0.3) is 0 Å². The van der Waals surface area contributed by atoms with Gasteiger partial charge in [0.05, 0.1) is 6.54 Å². The molecule has 0 aliphatic heterocycles. The van der Waals surface area contributed by atoms with Gasteiger partial charge in [-0.25, -0.2) is 4.39 Å². The van der Waals surface area contributed by atoms with Crippen LogP contribution in [0, 0.1) is 5.82 Å². The molecule has 0 aromatic heterocycles. The lowest BCUT2D eigenvalue weighted by atomic mass is 10.2. The molecule has 3 nitrogen and oxygen atoms in total. The van der Waals surface area contributed by atoms with Crippen LogP contribution in [0.2, 0.25) is 5.02 Å². The minimum atomic E-state index is -0.354. The van der Waals surface area contributed by atoms with Crippen LogP contribution in [0.3, 0.4) is 0 Å². The van der Waals surface area contributed by atoms with Gasteiger partial charge in [-0.15, -0.1) is 0 Å². The molecule has 0 unspecified atom stereocenters. The maximum absolute atomic E-state index is 13.4. The second-order valence-corrected chi connectivity index (χ2v) is 4.55. The first-order chi connectivity index (χ1) is 8.16. The average molecular weight is 257 g/mol. The molecule has 2 rings (SSSR count). The van der Waals surface area contributed by atoms with E-state index in [-0.39, 0.29) is 24.8 Å². The number of nitrogens with one attached hydrogen (secondary N) is 2. The van der Waals surface area contributed by atoms with E-state index < -0.39 is 0 Å². The summed E-state index contributed by atoms with van der Waals surface area (Å²) in [5.74, 6) is -0.410. The number of halogens is 2. The lowest BCUT2D eigenvalue weighted by Crippen LogP contribution is -2.34.